The first-order valence-electron chi connectivity index (χ1n) is 5.97. The fourth-order valence-electron chi connectivity index (χ4n) is 1.64. The SMILES string of the molecule is O=S(=O)(Nc1nnc(-c2ccccc2)o1)c1cccnc1. The van der Waals surface area contributed by atoms with E-state index in [1.165, 1.54) is 24.5 Å². The summed E-state index contributed by atoms with van der Waals surface area (Å²) in [6.07, 6.45) is 2.72. The summed E-state index contributed by atoms with van der Waals surface area (Å²) in [6, 6.07) is 11.8. The second-order valence-electron chi connectivity index (χ2n) is 4.07. The Balaban J connectivity index is 1.85. The number of nitrogens with zero attached hydrogens (tertiary/aromatic N) is 3. The average Bonchev–Trinajstić information content (AvgIpc) is 2.97. The Labute approximate surface area is 120 Å². The van der Waals surface area contributed by atoms with Crippen LogP contribution in [0.4, 0.5) is 6.01 Å². The normalized spacial score (nSPS) is 11.2. The van der Waals surface area contributed by atoms with Crippen LogP contribution in [0.1, 0.15) is 0 Å². The predicted molar refractivity (Wildman–Crippen MR) is 74.8 cm³/mol. The van der Waals surface area contributed by atoms with Crippen molar-refractivity contribution in [3.63, 3.8) is 0 Å². The summed E-state index contributed by atoms with van der Waals surface area (Å²) in [5, 5.41) is 7.48. The van der Waals surface area contributed by atoms with E-state index in [1.807, 2.05) is 18.2 Å². The molecule has 2 aromatic heterocycles. The molecule has 0 aliphatic rings. The van der Waals surface area contributed by atoms with Gasteiger partial charge in [-0.25, -0.2) is 13.1 Å². The number of pyridine rings is 1. The maximum absolute atomic E-state index is 12.1. The molecule has 0 saturated heterocycles. The maximum Gasteiger partial charge on any atom is 0.330 e. The number of rotatable bonds is 4. The third-order valence-corrected chi connectivity index (χ3v) is 3.92. The highest BCUT2D eigenvalue weighted by molar-refractivity contribution is 7.92. The van der Waals surface area contributed by atoms with Crippen LogP contribution >= 0.6 is 0 Å². The van der Waals surface area contributed by atoms with Gasteiger partial charge in [0.15, 0.2) is 0 Å². The third-order valence-electron chi connectivity index (χ3n) is 2.61. The van der Waals surface area contributed by atoms with Gasteiger partial charge in [0.2, 0.25) is 5.89 Å². The molecular formula is C13H10N4O3S. The molecule has 106 valence electrons. The maximum atomic E-state index is 12.1. The van der Waals surface area contributed by atoms with Crippen molar-refractivity contribution < 1.29 is 12.8 Å². The fraction of sp³-hybridized carbons (Fsp3) is 0. The van der Waals surface area contributed by atoms with E-state index in [2.05, 4.69) is 19.9 Å². The van der Waals surface area contributed by atoms with E-state index in [4.69, 9.17) is 4.42 Å². The van der Waals surface area contributed by atoms with Gasteiger partial charge in [-0.1, -0.05) is 23.3 Å². The van der Waals surface area contributed by atoms with Crippen LogP contribution < -0.4 is 4.72 Å². The Hall–Kier alpha value is -2.74. The van der Waals surface area contributed by atoms with Crippen molar-refractivity contribution in [3.05, 3.63) is 54.9 Å². The van der Waals surface area contributed by atoms with Gasteiger partial charge < -0.3 is 4.42 Å². The molecule has 0 fully saturated rings. The average molecular weight is 302 g/mol. The molecular weight excluding hydrogens is 292 g/mol. The van der Waals surface area contributed by atoms with Crippen molar-refractivity contribution in [2.75, 3.05) is 4.72 Å². The molecule has 0 amide bonds. The van der Waals surface area contributed by atoms with E-state index in [9.17, 15) is 8.42 Å². The first-order valence-corrected chi connectivity index (χ1v) is 7.45. The summed E-state index contributed by atoms with van der Waals surface area (Å²) in [6.45, 7) is 0. The highest BCUT2D eigenvalue weighted by atomic mass is 32.2. The minimum absolute atomic E-state index is 0.0180. The molecule has 21 heavy (non-hydrogen) atoms. The minimum atomic E-state index is -3.79. The van der Waals surface area contributed by atoms with E-state index in [1.54, 1.807) is 12.1 Å². The Kier molecular flexibility index (Phi) is 3.36. The number of hydrogen-bond acceptors (Lipinski definition) is 6. The topological polar surface area (TPSA) is 98.0 Å². The molecule has 0 saturated carbocycles. The molecule has 0 atom stereocenters. The van der Waals surface area contributed by atoms with Crippen LogP contribution in [0, 0.1) is 0 Å². The van der Waals surface area contributed by atoms with Crippen molar-refractivity contribution >= 4 is 16.0 Å². The summed E-state index contributed by atoms with van der Waals surface area (Å²) >= 11 is 0. The molecule has 2 heterocycles. The smallest absolute Gasteiger partial charge is 0.330 e. The number of anilines is 1. The van der Waals surface area contributed by atoms with Gasteiger partial charge >= 0.3 is 6.01 Å². The number of sulfonamides is 1. The molecule has 0 spiro atoms. The zero-order valence-corrected chi connectivity index (χ0v) is 11.5. The lowest BCUT2D eigenvalue weighted by Crippen LogP contribution is -2.13. The van der Waals surface area contributed by atoms with Crippen LogP contribution in [0.3, 0.4) is 0 Å². The summed E-state index contributed by atoms with van der Waals surface area (Å²) < 4.78 is 31.6. The number of nitrogens with one attached hydrogen (secondary N) is 1. The Bertz CT molecular complexity index is 832. The molecule has 1 aromatic carbocycles. The van der Waals surface area contributed by atoms with Gasteiger partial charge in [-0.2, -0.15) is 0 Å². The molecule has 8 heteroatoms. The first kappa shape index (κ1) is 13.3. The monoisotopic (exact) mass is 302 g/mol. The zero-order valence-electron chi connectivity index (χ0n) is 10.7. The lowest BCUT2D eigenvalue weighted by molar-refractivity contribution is 0.577. The molecule has 3 rings (SSSR count). The number of benzene rings is 1. The van der Waals surface area contributed by atoms with Crippen molar-refractivity contribution in [1.29, 1.82) is 0 Å². The van der Waals surface area contributed by atoms with E-state index in [0.29, 0.717) is 5.56 Å². The van der Waals surface area contributed by atoms with Crippen LogP contribution in [0.2, 0.25) is 0 Å². The zero-order chi connectivity index (χ0) is 14.7. The minimum Gasteiger partial charge on any atom is -0.403 e. The lowest BCUT2D eigenvalue weighted by atomic mass is 10.2. The Morgan fingerprint density at radius 3 is 2.52 bits per heavy atom. The number of aromatic nitrogens is 3. The Morgan fingerprint density at radius 1 is 1.00 bits per heavy atom. The van der Waals surface area contributed by atoms with Gasteiger partial charge in [-0.05, 0) is 24.3 Å². The molecule has 7 nitrogen and oxygen atoms in total. The molecule has 0 radical (unpaired) electrons. The molecule has 3 aromatic rings. The molecule has 0 bridgehead atoms. The van der Waals surface area contributed by atoms with Gasteiger partial charge in [-0.3, -0.25) is 4.98 Å². The van der Waals surface area contributed by atoms with E-state index in [-0.39, 0.29) is 16.8 Å². The first-order chi connectivity index (χ1) is 10.1. The van der Waals surface area contributed by atoms with Crippen molar-refractivity contribution in [2.24, 2.45) is 0 Å². The lowest BCUT2D eigenvalue weighted by Gasteiger charge is -2.02. The standard InChI is InChI=1S/C13H10N4O3S/c18-21(19,11-7-4-8-14-9-11)17-13-16-15-12(20-13)10-5-2-1-3-6-10/h1-9H,(H,16,17). The molecule has 1 N–H and O–H groups in total. The molecule has 0 aliphatic carbocycles. The van der Waals surface area contributed by atoms with E-state index in [0.717, 1.165) is 0 Å². The molecule has 0 unspecified atom stereocenters. The summed E-state index contributed by atoms with van der Waals surface area (Å²) in [7, 11) is -3.79. The van der Waals surface area contributed by atoms with Crippen molar-refractivity contribution in [2.45, 2.75) is 4.90 Å². The van der Waals surface area contributed by atoms with Gasteiger partial charge in [0, 0.05) is 18.0 Å². The van der Waals surface area contributed by atoms with E-state index >= 15 is 0 Å². The summed E-state index contributed by atoms with van der Waals surface area (Å²) in [5.74, 6) is 0.236. The van der Waals surface area contributed by atoms with Gasteiger partial charge in [-0.15, -0.1) is 5.10 Å². The fourth-order valence-corrected chi connectivity index (χ4v) is 2.53. The third kappa shape index (κ3) is 2.90. The van der Waals surface area contributed by atoms with Crippen LogP contribution in [0.15, 0.2) is 64.2 Å². The van der Waals surface area contributed by atoms with Gasteiger partial charge in [0.05, 0.1) is 0 Å². The van der Waals surface area contributed by atoms with Crippen LogP contribution in [0.25, 0.3) is 11.5 Å². The van der Waals surface area contributed by atoms with Crippen LogP contribution in [-0.2, 0) is 10.0 Å². The highest BCUT2D eigenvalue weighted by Gasteiger charge is 2.18. The van der Waals surface area contributed by atoms with Gasteiger partial charge in [0.1, 0.15) is 4.90 Å². The van der Waals surface area contributed by atoms with Crippen molar-refractivity contribution in [3.8, 4) is 11.5 Å². The van der Waals surface area contributed by atoms with Crippen LogP contribution in [-0.4, -0.2) is 23.6 Å². The summed E-state index contributed by atoms with van der Waals surface area (Å²) in [4.78, 5) is 3.78. The molecule has 0 aliphatic heterocycles. The summed E-state index contributed by atoms with van der Waals surface area (Å²) in [5.41, 5.74) is 0.705. The van der Waals surface area contributed by atoms with Crippen LogP contribution in [0.5, 0.6) is 0 Å². The quantitative estimate of drug-likeness (QED) is 0.790. The predicted octanol–water partition coefficient (Wildman–Crippen LogP) is 1.93. The Morgan fingerprint density at radius 2 is 1.81 bits per heavy atom. The largest absolute Gasteiger partial charge is 0.403 e. The van der Waals surface area contributed by atoms with Crippen molar-refractivity contribution in [1.82, 2.24) is 15.2 Å². The second-order valence-corrected chi connectivity index (χ2v) is 5.76. The number of hydrogen-bond donors (Lipinski definition) is 1. The highest BCUT2D eigenvalue weighted by Crippen LogP contribution is 2.20. The van der Waals surface area contributed by atoms with Gasteiger partial charge in [0.25, 0.3) is 10.0 Å². The van der Waals surface area contributed by atoms with E-state index < -0.39 is 10.0 Å². The second kappa shape index (κ2) is 5.33.